The highest BCUT2D eigenvalue weighted by Crippen LogP contribution is 2.16. The van der Waals surface area contributed by atoms with Crippen LogP contribution in [-0.4, -0.2) is 37.2 Å². The van der Waals surface area contributed by atoms with E-state index >= 15 is 0 Å². The van der Waals surface area contributed by atoms with Gasteiger partial charge in [0.15, 0.2) is 6.10 Å². The summed E-state index contributed by atoms with van der Waals surface area (Å²) in [5, 5.41) is 0. The fraction of sp³-hybridized carbons (Fsp3) is 0.767. The largest absolute Gasteiger partial charge is 0.462 e. The van der Waals surface area contributed by atoms with Crippen molar-refractivity contribution >= 4 is 17.9 Å². The molecule has 0 aromatic heterocycles. The van der Waals surface area contributed by atoms with Crippen LogP contribution in [0.1, 0.15) is 342 Å². The van der Waals surface area contributed by atoms with Gasteiger partial charge in [0.05, 0.1) is 0 Å². The van der Waals surface area contributed by atoms with E-state index in [0.717, 1.165) is 89.9 Å². The predicted molar refractivity (Wildman–Crippen MR) is 344 cm³/mol. The summed E-state index contributed by atoms with van der Waals surface area (Å²) < 4.78 is 17.0. The van der Waals surface area contributed by atoms with E-state index in [2.05, 4.69) is 106 Å². The van der Waals surface area contributed by atoms with Crippen LogP contribution in [0.3, 0.4) is 0 Å². The molecule has 1 atom stereocenters. The van der Waals surface area contributed by atoms with E-state index in [9.17, 15) is 14.4 Å². The molecule has 0 aromatic carbocycles. The Kier molecular flexibility index (Phi) is 64.2. The molecule has 79 heavy (non-hydrogen) atoms. The molecule has 0 bridgehead atoms. The SMILES string of the molecule is CCCCC/C=C\C/C=C\CCCCCCCCCCCC(=O)OCC(COC(=O)CCCCCCCC/C=C\C/C=C\C/C=C\CCCCCCC)OC(=O)CCCCCCCCCCC/C=C\C/C=C\CCCCCCC. The number of allylic oxidation sites excluding steroid dienone is 14. The minimum Gasteiger partial charge on any atom is -0.462 e. The second-order valence-electron chi connectivity index (χ2n) is 22.7. The molecular weight excluding hydrogens is 973 g/mol. The van der Waals surface area contributed by atoms with Crippen molar-refractivity contribution in [2.24, 2.45) is 0 Å². The third-order valence-corrected chi connectivity index (χ3v) is 14.8. The lowest BCUT2D eigenvalue weighted by molar-refractivity contribution is -0.167. The van der Waals surface area contributed by atoms with Gasteiger partial charge in [0, 0.05) is 19.3 Å². The van der Waals surface area contributed by atoms with E-state index in [1.165, 1.54) is 212 Å². The smallest absolute Gasteiger partial charge is 0.306 e. The summed E-state index contributed by atoms with van der Waals surface area (Å²) >= 11 is 0. The zero-order valence-corrected chi connectivity index (χ0v) is 52.4. The summed E-state index contributed by atoms with van der Waals surface area (Å²) in [4.78, 5) is 38.4. The van der Waals surface area contributed by atoms with Crippen LogP contribution in [0, 0.1) is 0 Å². The normalized spacial score (nSPS) is 12.6. The molecule has 0 aliphatic carbocycles. The first-order chi connectivity index (χ1) is 39.0. The minimum atomic E-state index is -0.789. The number of esters is 3. The van der Waals surface area contributed by atoms with E-state index < -0.39 is 6.10 Å². The lowest BCUT2D eigenvalue weighted by Gasteiger charge is -2.18. The molecule has 0 saturated carbocycles. The highest BCUT2D eigenvalue weighted by Gasteiger charge is 2.19. The molecule has 0 aliphatic rings. The average molecular weight is 1100 g/mol. The Labute approximate surface area is 490 Å². The van der Waals surface area contributed by atoms with Crippen molar-refractivity contribution in [3.05, 3.63) is 85.1 Å². The fourth-order valence-corrected chi connectivity index (χ4v) is 9.69. The number of hydrogen-bond acceptors (Lipinski definition) is 6. The second kappa shape index (κ2) is 67.1. The van der Waals surface area contributed by atoms with Gasteiger partial charge in [-0.15, -0.1) is 0 Å². The summed E-state index contributed by atoms with van der Waals surface area (Å²) in [6.07, 6.45) is 88.7. The van der Waals surface area contributed by atoms with Crippen molar-refractivity contribution in [2.45, 2.75) is 348 Å². The maximum Gasteiger partial charge on any atom is 0.306 e. The van der Waals surface area contributed by atoms with Gasteiger partial charge in [0.1, 0.15) is 13.2 Å². The minimum absolute atomic E-state index is 0.0837. The zero-order valence-electron chi connectivity index (χ0n) is 52.4. The third-order valence-electron chi connectivity index (χ3n) is 14.8. The van der Waals surface area contributed by atoms with E-state index in [1.807, 2.05) is 0 Å². The van der Waals surface area contributed by atoms with Crippen LogP contribution < -0.4 is 0 Å². The zero-order chi connectivity index (χ0) is 57.1. The van der Waals surface area contributed by atoms with Crippen molar-refractivity contribution in [2.75, 3.05) is 13.2 Å². The van der Waals surface area contributed by atoms with Gasteiger partial charge in [-0.25, -0.2) is 0 Å². The molecule has 0 rings (SSSR count). The molecule has 6 heteroatoms. The van der Waals surface area contributed by atoms with Crippen LogP contribution in [0.25, 0.3) is 0 Å². The van der Waals surface area contributed by atoms with Crippen LogP contribution >= 0.6 is 0 Å². The second-order valence-corrected chi connectivity index (χ2v) is 22.7. The van der Waals surface area contributed by atoms with Crippen molar-refractivity contribution in [3.63, 3.8) is 0 Å². The molecule has 0 radical (unpaired) electrons. The van der Waals surface area contributed by atoms with Crippen molar-refractivity contribution in [3.8, 4) is 0 Å². The Morgan fingerprint density at radius 3 is 0.734 bits per heavy atom. The van der Waals surface area contributed by atoms with Crippen molar-refractivity contribution in [1.82, 2.24) is 0 Å². The first-order valence-electron chi connectivity index (χ1n) is 34.1. The maximum absolute atomic E-state index is 13.0. The van der Waals surface area contributed by atoms with Gasteiger partial charge in [-0.1, -0.05) is 286 Å². The van der Waals surface area contributed by atoms with Gasteiger partial charge in [-0.3, -0.25) is 14.4 Å². The summed E-state index contributed by atoms with van der Waals surface area (Å²) in [6.45, 7) is 6.62. The Balaban J connectivity index is 4.41. The molecule has 456 valence electrons. The van der Waals surface area contributed by atoms with Crippen LogP contribution in [-0.2, 0) is 28.6 Å². The molecule has 0 amide bonds. The Morgan fingerprint density at radius 1 is 0.253 bits per heavy atom. The summed E-state index contributed by atoms with van der Waals surface area (Å²) in [7, 11) is 0. The third kappa shape index (κ3) is 65.3. The van der Waals surface area contributed by atoms with E-state index in [-0.39, 0.29) is 31.1 Å². The quantitative estimate of drug-likeness (QED) is 0.0261. The Morgan fingerprint density at radius 2 is 0.456 bits per heavy atom. The molecule has 1 unspecified atom stereocenters. The van der Waals surface area contributed by atoms with Crippen LogP contribution in [0.5, 0.6) is 0 Å². The van der Waals surface area contributed by atoms with Crippen LogP contribution in [0.15, 0.2) is 85.1 Å². The molecule has 0 saturated heterocycles. The first-order valence-corrected chi connectivity index (χ1v) is 34.1. The predicted octanol–water partition coefficient (Wildman–Crippen LogP) is 23.4. The fourth-order valence-electron chi connectivity index (χ4n) is 9.69. The van der Waals surface area contributed by atoms with Gasteiger partial charge in [-0.2, -0.15) is 0 Å². The number of rotatable bonds is 62. The average Bonchev–Trinajstić information content (AvgIpc) is 3.45. The highest BCUT2D eigenvalue weighted by molar-refractivity contribution is 5.71. The van der Waals surface area contributed by atoms with Gasteiger partial charge in [0.2, 0.25) is 0 Å². The first kappa shape index (κ1) is 75.6. The molecule has 0 spiro atoms. The Hall–Kier alpha value is -3.41. The molecule has 0 N–H and O–H groups in total. The molecule has 0 fully saturated rings. The van der Waals surface area contributed by atoms with Crippen molar-refractivity contribution in [1.29, 1.82) is 0 Å². The lowest BCUT2D eigenvalue weighted by Crippen LogP contribution is -2.30. The standard InChI is InChI=1S/C73H128O6/c1-4-7-10-13-16-19-22-25-28-31-34-36-39-42-45-48-51-54-57-60-63-66-72(75)78-69-70(68-77-71(74)65-62-59-56-53-50-47-44-41-38-33-30-27-24-21-18-15-12-9-6-3)79-73(76)67-64-61-58-55-52-49-46-43-40-37-35-32-29-26-23-20-17-14-11-8-5-2/h18,21-23,25-27,30-32,34-35,39,42,70H,4-17,19-20,24,28-29,33,36-38,40-41,43-69H2,1-3H3/b21-18-,25-22-,26-23-,30-27-,34-31-,35-32-,42-39-. The van der Waals surface area contributed by atoms with Gasteiger partial charge in [-0.05, 0) is 122 Å². The molecule has 0 aromatic rings. The van der Waals surface area contributed by atoms with E-state index in [4.69, 9.17) is 14.2 Å². The summed E-state index contributed by atoms with van der Waals surface area (Å²) in [6, 6.07) is 0. The van der Waals surface area contributed by atoms with E-state index in [0.29, 0.717) is 19.3 Å². The highest BCUT2D eigenvalue weighted by atomic mass is 16.6. The summed E-state index contributed by atoms with van der Waals surface area (Å²) in [5.74, 6) is -0.889. The number of unbranched alkanes of at least 4 members (excludes halogenated alkanes) is 37. The van der Waals surface area contributed by atoms with Gasteiger partial charge < -0.3 is 14.2 Å². The van der Waals surface area contributed by atoms with Crippen molar-refractivity contribution < 1.29 is 28.6 Å². The molecule has 0 aliphatic heterocycles. The van der Waals surface area contributed by atoms with Gasteiger partial charge >= 0.3 is 17.9 Å². The molecule has 0 heterocycles. The topological polar surface area (TPSA) is 78.9 Å². The lowest BCUT2D eigenvalue weighted by atomic mass is 10.1. The number of carbonyl (C=O) groups excluding carboxylic acids is 3. The molecule has 6 nitrogen and oxygen atoms in total. The van der Waals surface area contributed by atoms with Crippen LogP contribution in [0.4, 0.5) is 0 Å². The van der Waals surface area contributed by atoms with Gasteiger partial charge in [0.25, 0.3) is 0 Å². The van der Waals surface area contributed by atoms with E-state index in [1.54, 1.807) is 0 Å². The monoisotopic (exact) mass is 1100 g/mol. The Bertz CT molecular complexity index is 1500. The number of ether oxygens (including phenoxy) is 3. The maximum atomic E-state index is 13.0. The number of hydrogen-bond donors (Lipinski definition) is 0. The number of carbonyl (C=O) groups is 3. The molecular formula is C73H128O6. The summed E-state index contributed by atoms with van der Waals surface area (Å²) in [5.41, 5.74) is 0. The van der Waals surface area contributed by atoms with Crippen LogP contribution in [0.2, 0.25) is 0 Å².